The van der Waals surface area contributed by atoms with Gasteiger partial charge in [-0.25, -0.2) is 0 Å². The maximum absolute atomic E-state index is 10.1. The molecule has 3 rings (SSSR count). The van der Waals surface area contributed by atoms with Gasteiger partial charge in [0.05, 0.1) is 39.9 Å². The van der Waals surface area contributed by atoms with E-state index in [1.165, 1.54) is 38.0 Å². The fourth-order valence-electron chi connectivity index (χ4n) is 4.37. The highest BCUT2D eigenvalue weighted by Crippen LogP contribution is 2.36. The molecule has 1 aliphatic rings. The monoisotopic (exact) mass is 386 g/mol. The Morgan fingerprint density at radius 1 is 1.00 bits per heavy atom. The van der Waals surface area contributed by atoms with Crippen molar-refractivity contribution in [2.24, 2.45) is 0 Å². The number of ether oxygens (including phenoxy) is 2. The molecule has 0 radical (unpaired) electrons. The van der Waals surface area contributed by atoms with Crippen LogP contribution in [-0.4, -0.2) is 45.0 Å². The summed E-state index contributed by atoms with van der Waals surface area (Å²) < 4.78 is 10.6. The number of hydrogen-bond acceptors (Lipinski definition) is 3. The lowest BCUT2D eigenvalue weighted by atomic mass is 10.0. The van der Waals surface area contributed by atoms with E-state index in [4.69, 9.17) is 9.47 Å². The van der Waals surface area contributed by atoms with Crippen LogP contribution in [0.15, 0.2) is 42.5 Å². The number of nitrogens with one attached hydrogen (secondary N) is 2. The van der Waals surface area contributed by atoms with Crippen molar-refractivity contribution < 1.29 is 24.4 Å². The molecular formula is C23H34N2O3+2. The fourth-order valence-corrected chi connectivity index (χ4v) is 4.37. The number of phenolic OH excluding ortho intramolecular Hbond substituents is 1. The Morgan fingerprint density at radius 2 is 1.61 bits per heavy atom. The molecule has 1 saturated heterocycles. The van der Waals surface area contributed by atoms with Crippen LogP contribution in [0, 0.1) is 0 Å². The summed E-state index contributed by atoms with van der Waals surface area (Å²) in [6.07, 6.45) is 2.50. The Hall–Kier alpha value is -2.24. The number of rotatable bonds is 8. The SMILES string of the molecule is CC[NH+](Cc1ccccc1)C1CC[NH+](Cc2cc(OC)c(O)c(OC)c2)CC1. The molecule has 5 nitrogen and oxygen atoms in total. The van der Waals surface area contributed by atoms with Crippen LogP contribution in [0.5, 0.6) is 17.2 Å². The summed E-state index contributed by atoms with van der Waals surface area (Å²) in [4.78, 5) is 3.28. The van der Waals surface area contributed by atoms with E-state index in [0.29, 0.717) is 11.5 Å². The zero-order valence-corrected chi connectivity index (χ0v) is 17.3. The molecule has 2 aromatic carbocycles. The van der Waals surface area contributed by atoms with Gasteiger partial charge in [0.15, 0.2) is 11.5 Å². The highest BCUT2D eigenvalue weighted by atomic mass is 16.5. The predicted molar refractivity (Wildman–Crippen MR) is 110 cm³/mol. The van der Waals surface area contributed by atoms with Crippen LogP contribution in [-0.2, 0) is 13.1 Å². The number of likely N-dealkylation sites (tertiary alicyclic amines) is 1. The second-order valence-corrected chi connectivity index (χ2v) is 7.72. The van der Waals surface area contributed by atoms with Gasteiger partial charge >= 0.3 is 0 Å². The minimum atomic E-state index is 0.0746. The molecule has 1 aliphatic heterocycles. The second kappa shape index (κ2) is 9.80. The van der Waals surface area contributed by atoms with Crippen LogP contribution in [0.3, 0.4) is 0 Å². The Kier molecular flexibility index (Phi) is 7.18. The number of methoxy groups -OCH3 is 2. The van der Waals surface area contributed by atoms with Gasteiger partial charge in [0, 0.05) is 24.0 Å². The van der Waals surface area contributed by atoms with E-state index in [1.54, 1.807) is 24.0 Å². The average Bonchev–Trinajstić information content (AvgIpc) is 2.74. The summed E-state index contributed by atoms with van der Waals surface area (Å²) in [6, 6.07) is 15.4. The lowest BCUT2D eigenvalue weighted by molar-refractivity contribution is -0.969. The first-order valence-corrected chi connectivity index (χ1v) is 10.3. The molecule has 1 heterocycles. The van der Waals surface area contributed by atoms with Gasteiger partial charge in [-0.3, -0.25) is 0 Å². The topological polar surface area (TPSA) is 47.6 Å². The third-order valence-corrected chi connectivity index (χ3v) is 5.99. The van der Waals surface area contributed by atoms with E-state index in [-0.39, 0.29) is 5.75 Å². The summed E-state index contributed by atoms with van der Waals surface area (Å²) in [5.41, 5.74) is 2.57. The van der Waals surface area contributed by atoms with Crippen molar-refractivity contribution in [1.82, 2.24) is 0 Å². The smallest absolute Gasteiger partial charge is 0.200 e. The maximum Gasteiger partial charge on any atom is 0.200 e. The molecule has 0 amide bonds. The zero-order valence-electron chi connectivity index (χ0n) is 17.3. The van der Waals surface area contributed by atoms with Crippen LogP contribution < -0.4 is 19.3 Å². The molecule has 5 heteroatoms. The van der Waals surface area contributed by atoms with E-state index < -0.39 is 0 Å². The summed E-state index contributed by atoms with van der Waals surface area (Å²) in [6.45, 7) is 7.86. The van der Waals surface area contributed by atoms with Crippen LogP contribution in [0.25, 0.3) is 0 Å². The highest BCUT2D eigenvalue weighted by molar-refractivity contribution is 5.52. The van der Waals surface area contributed by atoms with Crippen molar-refractivity contribution in [3.63, 3.8) is 0 Å². The zero-order chi connectivity index (χ0) is 19.9. The summed E-state index contributed by atoms with van der Waals surface area (Å²) in [5, 5.41) is 10.1. The van der Waals surface area contributed by atoms with Gasteiger partial charge in [0.2, 0.25) is 5.75 Å². The minimum absolute atomic E-state index is 0.0746. The number of benzene rings is 2. The lowest BCUT2D eigenvalue weighted by Crippen LogP contribution is -3.19. The standard InChI is InChI=1S/C23H32N2O3/c1-4-25(17-18-8-6-5-7-9-18)20-10-12-24(13-11-20)16-19-14-21(27-2)23(26)22(15-19)28-3/h5-9,14-15,20,26H,4,10-13,16-17H2,1-3H3/p+2. The number of quaternary nitrogens is 2. The van der Waals surface area contributed by atoms with Crippen molar-refractivity contribution in [2.45, 2.75) is 38.9 Å². The first-order valence-electron chi connectivity index (χ1n) is 10.3. The summed E-state index contributed by atoms with van der Waals surface area (Å²) >= 11 is 0. The Morgan fingerprint density at radius 3 is 2.14 bits per heavy atom. The number of hydrogen-bond donors (Lipinski definition) is 3. The average molecular weight is 387 g/mol. The van der Waals surface area contributed by atoms with E-state index in [0.717, 1.165) is 24.7 Å². The van der Waals surface area contributed by atoms with Crippen molar-refractivity contribution in [2.75, 3.05) is 33.9 Å². The van der Waals surface area contributed by atoms with Gasteiger partial charge in [0.1, 0.15) is 13.1 Å². The summed E-state index contributed by atoms with van der Waals surface area (Å²) in [7, 11) is 3.15. The van der Waals surface area contributed by atoms with E-state index >= 15 is 0 Å². The molecule has 1 unspecified atom stereocenters. The molecule has 2 aromatic rings. The Bertz CT molecular complexity index is 718. The predicted octanol–water partition coefficient (Wildman–Crippen LogP) is 1.06. The molecule has 0 aromatic heterocycles. The normalized spacial score (nSPS) is 20.5. The van der Waals surface area contributed by atoms with Gasteiger partial charge < -0.3 is 24.4 Å². The van der Waals surface area contributed by atoms with Gasteiger partial charge in [0.25, 0.3) is 0 Å². The van der Waals surface area contributed by atoms with Gasteiger partial charge in [-0.15, -0.1) is 0 Å². The maximum atomic E-state index is 10.1. The Balaban J connectivity index is 1.58. The number of phenols is 1. The number of piperidine rings is 1. The van der Waals surface area contributed by atoms with Crippen LogP contribution in [0.2, 0.25) is 0 Å². The molecule has 0 bridgehead atoms. The largest absolute Gasteiger partial charge is 0.502 e. The summed E-state index contributed by atoms with van der Waals surface area (Å²) in [5.74, 6) is 1.03. The molecule has 1 fully saturated rings. The first kappa shape index (κ1) is 20.5. The molecule has 0 saturated carbocycles. The molecule has 152 valence electrons. The minimum Gasteiger partial charge on any atom is -0.502 e. The van der Waals surface area contributed by atoms with Gasteiger partial charge in [-0.05, 0) is 19.1 Å². The van der Waals surface area contributed by atoms with Crippen molar-refractivity contribution in [3.05, 3.63) is 53.6 Å². The van der Waals surface area contributed by atoms with Crippen molar-refractivity contribution in [3.8, 4) is 17.2 Å². The van der Waals surface area contributed by atoms with Crippen molar-refractivity contribution >= 4 is 0 Å². The lowest BCUT2D eigenvalue weighted by Gasteiger charge is -2.34. The van der Waals surface area contributed by atoms with Gasteiger partial charge in [-0.2, -0.15) is 0 Å². The molecular weight excluding hydrogens is 352 g/mol. The quantitative estimate of drug-likeness (QED) is 0.636. The third kappa shape index (κ3) is 4.97. The molecule has 3 N–H and O–H groups in total. The molecule has 0 spiro atoms. The van der Waals surface area contributed by atoms with Crippen LogP contribution in [0.4, 0.5) is 0 Å². The molecule has 28 heavy (non-hydrogen) atoms. The highest BCUT2D eigenvalue weighted by Gasteiger charge is 2.29. The van der Waals surface area contributed by atoms with Crippen molar-refractivity contribution in [1.29, 1.82) is 0 Å². The molecule has 1 atom stereocenters. The van der Waals surface area contributed by atoms with Crippen LogP contribution >= 0.6 is 0 Å². The van der Waals surface area contributed by atoms with Crippen LogP contribution in [0.1, 0.15) is 30.9 Å². The Labute approximate surface area is 168 Å². The van der Waals surface area contributed by atoms with E-state index in [9.17, 15) is 5.11 Å². The van der Waals surface area contributed by atoms with E-state index in [2.05, 4.69) is 37.3 Å². The van der Waals surface area contributed by atoms with E-state index in [1.807, 2.05) is 12.1 Å². The van der Waals surface area contributed by atoms with Gasteiger partial charge in [-0.1, -0.05) is 30.3 Å². The number of aromatic hydroxyl groups is 1. The molecule has 0 aliphatic carbocycles. The first-order chi connectivity index (χ1) is 13.6. The third-order valence-electron chi connectivity index (χ3n) is 5.99. The fraction of sp³-hybridized carbons (Fsp3) is 0.478. The second-order valence-electron chi connectivity index (χ2n) is 7.72.